The molecule has 0 aliphatic rings. The van der Waals surface area contributed by atoms with Crippen molar-refractivity contribution in [1.29, 1.82) is 0 Å². The highest BCUT2D eigenvalue weighted by Crippen LogP contribution is 2.10. The molecule has 6 nitrogen and oxygen atoms in total. The largest absolute Gasteiger partial charge is 0.346 e. The summed E-state index contributed by atoms with van der Waals surface area (Å²) in [5.74, 6) is -1.41. The number of amides is 1. The Labute approximate surface area is 112 Å². The fourth-order valence-corrected chi connectivity index (χ4v) is 1.88. The van der Waals surface area contributed by atoms with E-state index in [1.807, 2.05) is 0 Å². The molecule has 1 amide bonds. The maximum Gasteiger partial charge on any atom is 0.265 e. The summed E-state index contributed by atoms with van der Waals surface area (Å²) in [6.07, 6.45) is -0.895. The first-order chi connectivity index (χ1) is 8.72. The summed E-state index contributed by atoms with van der Waals surface area (Å²) in [5, 5.41) is 0. The van der Waals surface area contributed by atoms with Gasteiger partial charge in [-0.15, -0.1) is 0 Å². The first-order valence-corrected chi connectivity index (χ1v) is 7.22. The lowest BCUT2D eigenvalue weighted by Crippen LogP contribution is -2.42. The van der Waals surface area contributed by atoms with Gasteiger partial charge in [0.1, 0.15) is 0 Å². The average Bonchev–Trinajstić information content (AvgIpc) is 2.34. The highest BCUT2D eigenvalue weighted by Gasteiger charge is 2.33. The Hall–Kier alpha value is -1.73. The number of likely N-dealkylation sites (N-methyl/N-ethyl adjacent to an activating group) is 1. The Morgan fingerprint density at radius 1 is 1.16 bits per heavy atom. The van der Waals surface area contributed by atoms with Gasteiger partial charge in [0.05, 0.1) is 6.26 Å². The van der Waals surface area contributed by atoms with Gasteiger partial charge in [-0.3, -0.25) is 9.59 Å². The van der Waals surface area contributed by atoms with Crippen LogP contribution in [0.4, 0.5) is 0 Å². The third kappa shape index (κ3) is 4.46. The average molecular weight is 285 g/mol. The Morgan fingerprint density at radius 3 is 2.11 bits per heavy atom. The Bertz CT molecular complexity index is 565. The normalized spacial score (nSPS) is 12.8. The van der Waals surface area contributed by atoms with Crippen LogP contribution >= 0.6 is 0 Å². The molecule has 0 heterocycles. The summed E-state index contributed by atoms with van der Waals surface area (Å²) in [4.78, 5) is 25.1. The smallest absolute Gasteiger partial charge is 0.265 e. The number of ketones is 1. The Balaban J connectivity index is 3.10. The summed E-state index contributed by atoms with van der Waals surface area (Å²) in [5.41, 5.74) is 0.214. The molecular weight excluding hydrogens is 270 g/mol. The van der Waals surface area contributed by atoms with Crippen LogP contribution < -0.4 is 0 Å². The summed E-state index contributed by atoms with van der Waals surface area (Å²) in [6, 6.07) is 7.92. The van der Waals surface area contributed by atoms with E-state index in [2.05, 4.69) is 4.18 Å². The summed E-state index contributed by atoms with van der Waals surface area (Å²) in [7, 11) is -1.09. The molecule has 1 rings (SSSR count). The van der Waals surface area contributed by atoms with Gasteiger partial charge in [-0.25, -0.2) is 4.18 Å². The second kappa shape index (κ2) is 5.94. The van der Waals surface area contributed by atoms with E-state index < -0.39 is 27.9 Å². The lowest BCUT2D eigenvalue weighted by molar-refractivity contribution is -0.133. The molecule has 0 bridgehead atoms. The standard InChI is InChI=1S/C12H15NO5S/c1-13(2)12(15)11(18-19(3,16)17)10(14)9-7-5-4-6-8-9/h4-8,11H,1-3H3. The molecule has 0 aliphatic carbocycles. The van der Waals surface area contributed by atoms with Crippen LogP contribution in [0.3, 0.4) is 0 Å². The van der Waals surface area contributed by atoms with Crippen LogP contribution in [0.5, 0.6) is 0 Å². The van der Waals surface area contributed by atoms with Gasteiger partial charge in [-0.05, 0) is 0 Å². The molecule has 0 aromatic heterocycles. The SMILES string of the molecule is CN(C)C(=O)C(OS(C)(=O)=O)C(=O)c1ccccc1. The number of carbonyl (C=O) groups is 2. The van der Waals surface area contributed by atoms with Crippen LogP contribution in [-0.4, -0.2) is 51.5 Å². The lowest BCUT2D eigenvalue weighted by Gasteiger charge is -2.18. The Morgan fingerprint density at radius 2 is 1.68 bits per heavy atom. The molecule has 7 heteroatoms. The van der Waals surface area contributed by atoms with Gasteiger partial charge in [0.2, 0.25) is 11.9 Å². The van der Waals surface area contributed by atoms with Crippen LogP contribution in [0.25, 0.3) is 0 Å². The van der Waals surface area contributed by atoms with Crippen LogP contribution in [0.1, 0.15) is 10.4 Å². The van der Waals surface area contributed by atoms with Crippen LogP contribution in [-0.2, 0) is 19.1 Å². The van der Waals surface area contributed by atoms with Crippen molar-refractivity contribution < 1.29 is 22.2 Å². The molecule has 1 aromatic rings. The highest BCUT2D eigenvalue weighted by atomic mass is 32.2. The summed E-state index contributed by atoms with van der Waals surface area (Å²) < 4.78 is 26.9. The van der Waals surface area contributed by atoms with Crippen molar-refractivity contribution in [3.8, 4) is 0 Å². The lowest BCUT2D eigenvalue weighted by atomic mass is 10.1. The van der Waals surface area contributed by atoms with Gasteiger partial charge in [-0.1, -0.05) is 30.3 Å². The van der Waals surface area contributed by atoms with Crippen LogP contribution in [0, 0.1) is 0 Å². The predicted octanol–water partition coefficient (Wildman–Crippen LogP) is 0.302. The number of hydrogen-bond acceptors (Lipinski definition) is 5. The van der Waals surface area contributed by atoms with Gasteiger partial charge in [0.25, 0.3) is 16.0 Å². The first kappa shape index (κ1) is 15.3. The minimum Gasteiger partial charge on any atom is -0.346 e. The predicted molar refractivity (Wildman–Crippen MR) is 69.2 cm³/mol. The quantitative estimate of drug-likeness (QED) is 0.441. The monoisotopic (exact) mass is 285 g/mol. The fourth-order valence-electron chi connectivity index (χ4n) is 1.36. The van der Waals surface area contributed by atoms with Crippen molar-refractivity contribution in [2.75, 3.05) is 20.4 Å². The van der Waals surface area contributed by atoms with Gasteiger partial charge < -0.3 is 4.90 Å². The van der Waals surface area contributed by atoms with Gasteiger partial charge >= 0.3 is 0 Å². The van der Waals surface area contributed by atoms with Crippen molar-refractivity contribution in [3.63, 3.8) is 0 Å². The first-order valence-electron chi connectivity index (χ1n) is 5.41. The zero-order chi connectivity index (χ0) is 14.6. The van der Waals surface area contributed by atoms with E-state index in [9.17, 15) is 18.0 Å². The molecular formula is C12H15NO5S. The van der Waals surface area contributed by atoms with E-state index in [-0.39, 0.29) is 5.56 Å². The van der Waals surface area contributed by atoms with E-state index in [4.69, 9.17) is 0 Å². The molecule has 1 aromatic carbocycles. The molecule has 1 atom stereocenters. The number of benzene rings is 1. The number of Topliss-reactive ketones (excluding diaryl/α,β-unsaturated/α-hetero) is 1. The van der Waals surface area contributed by atoms with Gasteiger partial charge in [-0.2, -0.15) is 8.42 Å². The number of hydrogen-bond donors (Lipinski definition) is 0. The number of nitrogens with zero attached hydrogens (tertiary/aromatic N) is 1. The number of carbonyl (C=O) groups excluding carboxylic acids is 2. The van der Waals surface area contributed by atoms with Crippen molar-refractivity contribution >= 4 is 21.8 Å². The van der Waals surface area contributed by atoms with E-state index in [1.165, 1.54) is 26.2 Å². The Kier molecular flexibility index (Phi) is 4.79. The molecule has 0 spiro atoms. The maximum absolute atomic E-state index is 12.1. The van der Waals surface area contributed by atoms with Gasteiger partial charge in [0.15, 0.2) is 0 Å². The van der Waals surface area contributed by atoms with E-state index in [0.29, 0.717) is 0 Å². The minimum atomic E-state index is -3.92. The molecule has 104 valence electrons. The zero-order valence-corrected chi connectivity index (χ0v) is 11.7. The molecule has 0 saturated carbocycles. The van der Waals surface area contributed by atoms with Gasteiger partial charge in [0, 0.05) is 19.7 Å². The zero-order valence-electron chi connectivity index (χ0n) is 10.9. The molecule has 1 unspecified atom stereocenters. The van der Waals surface area contributed by atoms with Crippen molar-refractivity contribution in [2.45, 2.75) is 6.10 Å². The molecule has 0 fully saturated rings. The van der Waals surface area contributed by atoms with E-state index >= 15 is 0 Å². The molecule has 0 radical (unpaired) electrons. The van der Waals surface area contributed by atoms with Crippen molar-refractivity contribution in [2.24, 2.45) is 0 Å². The molecule has 0 saturated heterocycles. The highest BCUT2D eigenvalue weighted by molar-refractivity contribution is 7.86. The third-order valence-corrected chi connectivity index (χ3v) is 2.77. The second-order valence-corrected chi connectivity index (χ2v) is 5.74. The molecule has 19 heavy (non-hydrogen) atoms. The summed E-state index contributed by atoms with van der Waals surface area (Å²) >= 11 is 0. The molecule has 0 N–H and O–H groups in total. The molecule has 0 aliphatic heterocycles. The van der Waals surface area contributed by atoms with E-state index in [1.54, 1.807) is 18.2 Å². The topological polar surface area (TPSA) is 80.8 Å². The van der Waals surface area contributed by atoms with Crippen LogP contribution in [0.2, 0.25) is 0 Å². The maximum atomic E-state index is 12.1. The van der Waals surface area contributed by atoms with Crippen molar-refractivity contribution in [1.82, 2.24) is 4.90 Å². The number of rotatable bonds is 5. The third-order valence-electron chi connectivity index (χ3n) is 2.23. The van der Waals surface area contributed by atoms with Crippen LogP contribution in [0.15, 0.2) is 30.3 Å². The van der Waals surface area contributed by atoms with Crippen molar-refractivity contribution in [3.05, 3.63) is 35.9 Å². The minimum absolute atomic E-state index is 0.214. The summed E-state index contributed by atoms with van der Waals surface area (Å²) in [6.45, 7) is 0. The fraction of sp³-hybridized carbons (Fsp3) is 0.333. The van der Waals surface area contributed by atoms with E-state index in [0.717, 1.165) is 11.2 Å². The second-order valence-electron chi connectivity index (χ2n) is 4.14.